The lowest BCUT2D eigenvalue weighted by Crippen LogP contribution is -2.30. The van der Waals surface area contributed by atoms with Crippen LogP contribution in [-0.2, 0) is 0 Å². The molecule has 0 amide bonds. The molecule has 0 nitrogen and oxygen atoms in total. The van der Waals surface area contributed by atoms with Crippen LogP contribution < -0.4 is 0 Å². The second-order valence-corrected chi connectivity index (χ2v) is 2.60. The molecule has 4 heteroatoms. The van der Waals surface area contributed by atoms with Crippen LogP contribution in [0.1, 0.15) is 0 Å². The summed E-state index contributed by atoms with van der Waals surface area (Å²) < 4.78 is 35.4. The quantitative estimate of drug-likeness (QED) is 0.617. The van der Waals surface area contributed by atoms with E-state index in [-0.39, 0.29) is 5.33 Å². The van der Waals surface area contributed by atoms with Gasteiger partial charge in [0.2, 0.25) is 0 Å². The monoisotopic (exact) mass is 204 g/mol. The molecule has 0 atom stereocenters. The third-order valence-corrected chi connectivity index (χ3v) is 2.32. The van der Waals surface area contributed by atoms with Crippen molar-refractivity contribution in [3.8, 4) is 0 Å². The average molecular weight is 205 g/mol. The fourth-order valence-electron chi connectivity index (χ4n) is 0.214. The fourth-order valence-corrected chi connectivity index (χ4v) is 0.664. The van der Waals surface area contributed by atoms with E-state index in [0.29, 0.717) is 0 Å². The van der Waals surface area contributed by atoms with E-state index in [0.717, 1.165) is 0 Å². The SMILES string of the molecule is FCC(CF)(CF)CBr. The van der Waals surface area contributed by atoms with Gasteiger partial charge in [0, 0.05) is 5.33 Å². The van der Waals surface area contributed by atoms with Crippen molar-refractivity contribution in [1.82, 2.24) is 0 Å². The smallest absolute Gasteiger partial charge is 0.101 e. The van der Waals surface area contributed by atoms with Crippen molar-refractivity contribution in [3.63, 3.8) is 0 Å². The van der Waals surface area contributed by atoms with E-state index in [1.54, 1.807) is 0 Å². The highest BCUT2D eigenvalue weighted by molar-refractivity contribution is 9.09. The van der Waals surface area contributed by atoms with Crippen LogP contribution in [0.25, 0.3) is 0 Å². The standard InChI is InChI=1S/C5H8BrF3/c6-1-5(2-7,3-8)4-9/h1-4H2. The van der Waals surface area contributed by atoms with Crippen LogP contribution in [0.3, 0.4) is 0 Å². The topological polar surface area (TPSA) is 0 Å². The highest BCUT2D eigenvalue weighted by atomic mass is 79.9. The molecule has 0 radical (unpaired) electrons. The van der Waals surface area contributed by atoms with Crippen molar-refractivity contribution < 1.29 is 13.2 Å². The Hall–Kier alpha value is 0.270. The van der Waals surface area contributed by atoms with Gasteiger partial charge in [0.25, 0.3) is 0 Å². The third-order valence-electron chi connectivity index (χ3n) is 1.13. The maximum absolute atomic E-state index is 11.8. The lowest BCUT2D eigenvalue weighted by molar-refractivity contribution is 0.139. The maximum Gasteiger partial charge on any atom is 0.101 e. The van der Waals surface area contributed by atoms with E-state index in [9.17, 15) is 13.2 Å². The molecule has 0 saturated heterocycles. The van der Waals surface area contributed by atoms with E-state index in [1.165, 1.54) is 0 Å². The van der Waals surface area contributed by atoms with Crippen LogP contribution in [0, 0.1) is 5.41 Å². The first-order valence-electron chi connectivity index (χ1n) is 2.48. The zero-order chi connectivity index (χ0) is 7.33. The lowest BCUT2D eigenvalue weighted by Gasteiger charge is -2.19. The highest BCUT2D eigenvalue weighted by Crippen LogP contribution is 2.22. The molecular formula is C5H8BrF3. The van der Waals surface area contributed by atoms with E-state index >= 15 is 0 Å². The van der Waals surface area contributed by atoms with E-state index in [1.807, 2.05) is 0 Å². The summed E-state index contributed by atoms with van der Waals surface area (Å²) in [5.74, 6) is 0. The fraction of sp³-hybridized carbons (Fsp3) is 1.00. The molecule has 0 heterocycles. The first-order chi connectivity index (χ1) is 4.24. The summed E-state index contributed by atoms with van der Waals surface area (Å²) in [7, 11) is 0. The summed E-state index contributed by atoms with van der Waals surface area (Å²) in [6, 6.07) is 0. The lowest BCUT2D eigenvalue weighted by atomic mass is 9.97. The molecule has 0 aromatic rings. The molecule has 0 spiro atoms. The van der Waals surface area contributed by atoms with E-state index < -0.39 is 25.4 Å². The summed E-state index contributed by atoms with van der Waals surface area (Å²) >= 11 is 2.83. The van der Waals surface area contributed by atoms with Crippen LogP contribution in [-0.4, -0.2) is 25.4 Å². The third kappa shape index (κ3) is 2.16. The van der Waals surface area contributed by atoms with Gasteiger partial charge in [-0.2, -0.15) is 0 Å². The van der Waals surface area contributed by atoms with Gasteiger partial charge in [-0.3, -0.25) is 13.2 Å². The van der Waals surface area contributed by atoms with Crippen LogP contribution in [0.15, 0.2) is 0 Å². The molecule has 56 valence electrons. The number of hydrogen-bond acceptors (Lipinski definition) is 0. The van der Waals surface area contributed by atoms with Gasteiger partial charge in [-0.15, -0.1) is 0 Å². The van der Waals surface area contributed by atoms with Crippen molar-refractivity contribution in [2.24, 2.45) is 5.41 Å². The molecule has 0 aromatic heterocycles. The number of alkyl halides is 4. The van der Waals surface area contributed by atoms with E-state index in [2.05, 4.69) is 15.9 Å². The molecule has 0 aliphatic rings. The number of hydrogen-bond donors (Lipinski definition) is 0. The Morgan fingerprint density at radius 3 is 1.33 bits per heavy atom. The molecule has 0 aromatic carbocycles. The van der Waals surface area contributed by atoms with Gasteiger partial charge < -0.3 is 0 Å². The van der Waals surface area contributed by atoms with Gasteiger partial charge in [-0.25, -0.2) is 0 Å². The predicted molar refractivity (Wildman–Crippen MR) is 34.2 cm³/mol. The Balaban J connectivity index is 3.82. The molecule has 0 aliphatic heterocycles. The Bertz CT molecular complexity index is 55.1. The number of rotatable bonds is 4. The van der Waals surface area contributed by atoms with Crippen LogP contribution >= 0.6 is 15.9 Å². The molecule has 9 heavy (non-hydrogen) atoms. The maximum atomic E-state index is 11.8. The minimum absolute atomic E-state index is 0.0312. The molecule has 0 fully saturated rings. The summed E-state index contributed by atoms with van der Waals surface area (Å²) in [5.41, 5.74) is -1.42. The van der Waals surface area contributed by atoms with Gasteiger partial charge in [0.05, 0.1) is 5.41 Å². The minimum Gasteiger partial charge on any atom is -0.250 e. The second kappa shape index (κ2) is 4.14. The minimum atomic E-state index is -1.42. The van der Waals surface area contributed by atoms with Crippen LogP contribution in [0.5, 0.6) is 0 Å². The van der Waals surface area contributed by atoms with Gasteiger partial charge in [0.1, 0.15) is 20.0 Å². The molecule has 0 saturated carbocycles. The summed E-state index contributed by atoms with van der Waals surface area (Å²) in [6.45, 7) is -2.86. The Morgan fingerprint density at radius 2 is 1.33 bits per heavy atom. The first-order valence-corrected chi connectivity index (χ1v) is 3.60. The van der Waals surface area contributed by atoms with Crippen LogP contribution in [0.2, 0.25) is 0 Å². The van der Waals surface area contributed by atoms with Crippen molar-refractivity contribution in [2.45, 2.75) is 0 Å². The molecule has 0 aliphatic carbocycles. The molecule has 0 rings (SSSR count). The Kier molecular flexibility index (Phi) is 4.27. The summed E-state index contributed by atoms with van der Waals surface area (Å²) in [6.07, 6.45) is 0. The number of halogens is 4. The normalized spacial score (nSPS) is 12.0. The zero-order valence-electron chi connectivity index (χ0n) is 4.84. The van der Waals surface area contributed by atoms with Crippen molar-refractivity contribution in [2.75, 3.05) is 25.4 Å². The summed E-state index contributed by atoms with van der Waals surface area (Å²) in [5, 5.41) is 0.0312. The zero-order valence-corrected chi connectivity index (χ0v) is 6.43. The van der Waals surface area contributed by atoms with E-state index in [4.69, 9.17) is 0 Å². The molecular weight excluding hydrogens is 197 g/mol. The van der Waals surface area contributed by atoms with Crippen molar-refractivity contribution >= 4 is 15.9 Å². The predicted octanol–water partition coefficient (Wildman–Crippen LogP) is 2.28. The van der Waals surface area contributed by atoms with Gasteiger partial charge in [-0.05, 0) is 0 Å². The van der Waals surface area contributed by atoms with Crippen molar-refractivity contribution in [3.05, 3.63) is 0 Å². The summed E-state index contributed by atoms with van der Waals surface area (Å²) in [4.78, 5) is 0. The molecule has 0 bridgehead atoms. The highest BCUT2D eigenvalue weighted by Gasteiger charge is 2.29. The largest absolute Gasteiger partial charge is 0.250 e. The molecule has 0 unspecified atom stereocenters. The van der Waals surface area contributed by atoms with Gasteiger partial charge in [0.15, 0.2) is 0 Å². The molecule has 0 N–H and O–H groups in total. The Labute approximate surface area is 60.6 Å². The van der Waals surface area contributed by atoms with Crippen molar-refractivity contribution in [1.29, 1.82) is 0 Å². The Morgan fingerprint density at radius 1 is 1.00 bits per heavy atom. The van der Waals surface area contributed by atoms with Crippen LogP contribution in [0.4, 0.5) is 13.2 Å². The van der Waals surface area contributed by atoms with Gasteiger partial charge >= 0.3 is 0 Å². The second-order valence-electron chi connectivity index (χ2n) is 2.03. The average Bonchev–Trinajstić information content (AvgIpc) is 1.95. The van der Waals surface area contributed by atoms with Gasteiger partial charge in [-0.1, -0.05) is 15.9 Å². The first kappa shape index (κ1) is 9.27.